The van der Waals surface area contributed by atoms with Gasteiger partial charge in [0.2, 0.25) is 0 Å². The van der Waals surface area contributed by atoms with Crippen LogP contribution in [0, 0.1) is 12.3 Å². The summed E-state index contributed by atoms with van der Waals surface area (Å²) in [5, 5.41) is 9.18. The van der Waals surface area contributed by atoms with Gasteiger partial charge in [-0.25, -0.2) is 0 Å². The molecule has 0 radical (unpaired) electrons. The van der Waals surface area contributed by atoms with Gasteiger partial charge in [-0.05, 0) is 0 Å². The van der Waals surface area contributed by atoms with Crippen LogP contribution in [-0.4, -0.2) is 50.3 Å². The Bertz CT molecular complexity index is 183. The minimum atomic E-state index is -0.563. The van der Waals surface area contributed by atoms with Gasteiger partial charge in [-0.3, -0.25) is 0 Å². The van der Waals surface area contributed by atoms with Crippen LogP contribution in [0.25, 0.3) is 0 Å². The molecule has 1 fully saturated rings. The van der Waals surface area contributed by atoms with Gasteiger partial charge in [-0.15, -0.1) is 12.3 Å². The van der Waals surface area contributed by atoms with Gasteiger partial charge in [0.1, 0.15) is 6.10 Å². The summed E-state index contributed by atoms with van der Waals surface area (Å²) in [6, 6.07) is 0. The zero-order chi connectivity index (χ0) is 10.2. The van der Waals surface area contributed by atoms with Gasteiger partial charge in [0, 0.05) is 6.42 Å². The van der Waals surface area contributed by atoms with Gasteiger partial charge in [0.15, 0.2) is 0 Å². The lowest BCUT2D eigenvalue weighted by Gasteiger charge is -2.08. The highest BCUT2D eigenvalue weighted by atomic mass is 16.6. The van der Waals surface area contributed by atoms with E-state index in [2.05, 4.69) is 5.92 Å². The second-order valence-electron chi connectivity index (χ2n) is 3.17. The maximum absolute atomic E-state index is 9.18. The molecule has 1 saturated heterocycles. The van der Waals surface area contributed by atoms with E-state index in [9.17, 15) is 5.11 Å². The molecule has 4 heteroatoms. The molecule has 0 aromatic carbocycles. The lowest BCUT2D eigenvalue weighted by molar-refractivity contribution is 0.00315. The Balaban J connectivity index is 1.76. The van der Waals surface area contributed by atoms with Gasteiger partial charge in [0.25, 0.3) is 0 Å². The first-order valence-electron chi connectivity index (χ1n) is 4.71. The highest BCUT2D eigenvalue weighted by Crippen LogP contribution is 2.07. The number of aliphatic hydroxyl groups excluding tert-OH is 1. The normalized spacial score (nSPS) is 21.6. The van der Waals surface area contributed by atoms with E-state index in [0.717, 1.165) is 6.61 Å². The number of hydrogen-bond acceptors (Lipinski definition) is 4. The fourth-order valence-corrected chi connectivity index (χ4v) is 0.911. The fraction of sp³-hybridized carbons (Fsp3) is 0.800. The van der Waals surface area contributed by atoms with Crippen LogP contribution in [0.4, 0.5) is 0 Å². The predicted octanol–water partition coefficient (Wildman–Crippen LogP) is -0.197. The van der Waals surface area contributed by atoms with Crippen LogP contribution in [0.15, 0.2) is 0 Å². The molecule has 0 bridgehead atoms. The van der Waals surface area contributed by atoms with E-state index in [-0.39, 0.29) is 6.61 Å². The Hall–Kier alpha value is -0.600. The summed E-state index contributed by atoms with van der Waals surface area (Å²) >= 11 is 0. The average Bonchev–Trinajstić information content (AvgIpc) is 2.95. The van der Waals surface area contributed by atoms with Crippen LogP contribution < -0.4 is 0 Å². The van der Waals surface area contributed by atoms with E-state index in [4.69, 9.17) is 20.6 Å². The molecule has 80 valence electrons. The number of rotatable bonds is 8. The van der Waals surface area contributed by atoms with Gasteiger partial charge in [-0.2, -0.15) is 0 Å². The standard InChI is InChI=1S/C10H16O4/c1-2-3-9(11)6-12-4-5-13-7-10-8-14-10/h1,9-11H,3-8H2/t9-,10-/m0/s1. The summed E-state index contributed by atoms with van der Waals surface area (Å²) in [6.45, 7) is 2.72. The third-order valence-electron chi connectivity index (χ3n) is 1.74. The van der Waals surface area contributed by atoms with Gasteiger partial charge in [0.05, 0.1) is 39.1 Å². The molecular weight excluding hydrogens is 184 g/mol. The Morgan fingerprint density at radius 2 is 2.21 bits per heavy atom. The number of hydrogen-bond donors (Lipinski definition) is 1. The van der Waals surface area contributed by atoms with Crippen molar-refractivity contribution in [2.24, 2.45) is 0 Å². The van der Waals surface area contributed by atoms with E-state index >= 15 is 0 Å². The maximum atomic E-state index is 9.18. The van der Waals surface area contributed by atoms with E-state index in [1.54, 1.807) is 0 Å². The molecule has 0 aromatic heterocycles. The molecule has 1 aliphatic heterocycles. The molecule has 1 rings (SSSR count). The summed E-state index contributed by atoms with van der Waals surface area (Å²) < 4.78 is 15.3. The molecule has 0 aromatic rings. The van der Waals surface area contributed by atoms with Crippen molar-refractivity contribution >= 4 is 0 Å². The molecule has 0 amide bonds. The Morgan fingerprint density at radius 3 is 2.86 bits per heavy atom. The number of ether oxygens (including phenoxy) is 3. The van der Waals surface area contributed by atoms with Crippen molar-refractivity contribution in [3.8, 4) is 12.3 Å². The quantitative estimate of drug-likeness (QED) is 0.335. The lowest BCUT2D eigenvalue weighted by atomic mass is 10.3. The summed E-state index contributed by atoms with van der Waals surface area (Å²) in [5.74, 6) is 2.36. The van der Waals surface area contributed by atoms with E-state index in [1.165, 1.54) is 0 Å². The van der Waals surface area contributed by atoms with Crippen molar-refractivity contribution < 1.29 is 19.3 Å². The molecule has 1 heterocycles. The monoisotopic (exact) mass is 200 g/mol. The van der Waals surface area contributed by atoms with Crippen molar-refractivity contribution in [2.75, 3.05) is 33.0 Å². The number of terminal acetylenes is 1. The van der Waals surface area contributed by atoms with Crippen LogP contribution >= 0.6 is 0 Å². The molecule has 0 saturated carbocycles. The first kappa shape index (κ1) is 11.5. The Morgan fingerprint density at radius 1 is 1.50 bits per heavy atom. The smallest absolute Gasteiger partial charge is 0.104 e. The minimum absolute atomic E-state index is 0.271. The van der Waals surface area contributed by atoms with Crippen LogP contribution in [0.1, 0.15) is 6.42 Å². The van der Waals surface area contributed by atoms with Crippen molar-refractivity contribution in [3.63, 3.8) is 0 Å². The molecule has 0 aliphatic carbocycles. The molecule has 0 spiro atoms. The highest BCUT2D eigenvalue weighted by molar-refractivity contribution is 4.86. The second kappa shape index (κ2) is 6.80. The SMILES string of the molecule is C#CC[C@H](O)COCCOC[C@H]1CO1. The molecule has 0 unspecified atom stereocenters. The average molecular weight is 200 g/mol. The number of aliphatic hydroxyl groups is 1. The molecule has 14 heavy (non-hydrogen) atoms. The molecule has 1 N–H and O–H groups in total. The van der Waals surface area contributed by atoms with E-state index in [0.29, 0.717) is 32.3 Å². The molecule has 4 nitrogen and oxygen atoms in total. The third kappa shape index (κ3) is 5.95. The van der Waals surface area contributed by atoms with Crippen LogP contribution in [0.3, 0.4) is 0 Å². The molecule has 2 atom stereocenters. The van der Waals surface area contributed by atoms with Crippen molar-refractivity contribution in [3.05, 3.63) is 0 Å². The van der Waals surface area contributed by atoms with Gasteiger partial charge < -0.3 is 19.3 Å². The molecule has 1 aliphatic rings. The largest absolute Gasteiger partial charge is 0.390 e. The van der Waals surface area contributed by atoms with Crippen molar-refractivity contribution in [2.45, 2.75) is 18.6 Å². The van der Waals surface area contributed by atoms with Crippen LogP contribution in [0.5, 0.6) is 0 Å². The lowest BCUT2D eigenvalue weighted by Crippen LogP contribution is -2.17. The topological polar surface area (TPSA) is 51.2 Å². The Labute approximate surface area is 84.2 Å². The zero-order valence-electron chi connectivity index (χ0n) is 8.15. The van der Waals surface area contributed by atoms with E-state index < -0.39 is 6.10 Å². The van der Waals surface area contributed by atoms with E-state index in [1.807, 2.05) is 0 Å². The zero-order valence-corrected chi connectivity index (χ0v) is 8.15. The third-order valence-corrected chi connectivity index (χ3v) is 1.74. The van der Waals surface area contributed by atoms with Crippen molar-refractivity contribution in [1.29, 1.82) is 0 Å². The van der Waals surface area contributed by atoms with Crippen LogP contribution in [-0.2, 0) is 14.2 Å². The molecular formula is C10H16O4. The maximum Gasteiger partial charge on any atom is 0.104 e. The fourth-order valence-electron chi connectivity index (χ4n) is 0.911. The predicted molar refractivity (Wildman–Crippen MR) is 50.8 cm³/mol. The van der Waals surface area contributed by atoms with Gasteiger partial charge >= 0.3 is 0 Å². The summed E-state index contributed by atoms with van der Waals surface area (Å²) in [5.41, 5.74) is 0. The van der Waals surface area contributed by atoms with Crippen molar-refractivity contribution in [1.82, 2.24) is 0 Å². The summed E-state index contributed by atoms with van der Waals surface area (Å²) in [4.78, 5) is 0. The number of epoxide rings is 1. The summed E-state index contributed by atoms with van der Waals surface area (Å²) in [6.07, 6.45) is 5.08. The Kier molecular flexibility index (Phi) is 5.57. The highest BCUT2D eigenvalue weighted by Gasteiger charge is 2.21. The second-order valence-corrected chi connectivity index (χ2v) is 3.17. The summed E-state index contributed by atoms with van der Waals surface area (Å²) in [7, 11) is 0. The van der Waals surface area contributed by atoms with Gasteiger partial charge in [-0.1, -0.05) is 0 Å². The minimum Gasteiger partial charge on any atom is -0.390 e. The first-order chi connectivity index (χ1) is 6.83. The van der Waals surface area contributed by atoms with Crippen LogP contribution in [0.2, 0.25) is 0 Å². The first-order valence-corrected chi connectivity index (χ1v) is 4.71.